The summed E-state index contributed by atoms with van der Waals surface area (Å²) in [6.07, 6.45) is 4.38. The van der Waals surface area contributed by atoms with Gasteiger partial charge in [-0.3, -0.25) is 4.79 Å². The average Bonchev–Trinajstić information content (AvgIpc) is 3.51. The highest BCUT2D eigenvalue weighted by Gasteiger charge is 2.64. The van der Waals surface area contributed by atoms with Crippen molar-refractivity contribution in [2.24, 2.45) is 11.8 Å². The molecule has 3 aromatic rings. The van der Waals surface area contributed by atoms with Gasteiger partial charge in [0.25, 0.3) is 0 Å². The number of rotatable bonds is 7. The van der Waals surface area contributed by atoms with E-state index in [4.69, 9.17) is 0 Å². The molecule has 1 amide bonds. The summed E-state index contributed by atoms with van der Waals surface area (Å²) in [5, 5.41) is 3.61. The first-order valence-corrected chi connectivity index (χ1v) is 15.2. The van der Waals surface area contributed by atoms with Crippen molar-refractivity contribution in [2.75, 3.05) is 6.54 Å². The quantitative estimate of drug-likeness (QED) is 0.455. The summed E-state index contributed by atoms with van der Waals surface area (Å²) < 4.78 is 43.8. The van der Waals surface area contributed by atoms with Crippen LogP contribution in [0.5, 0.6) is 0 Å². The van der Waals surface area contributed by atoms with Crippen molar-refractivity contribution in [1.29, 1.82) is 0 Å². The Labute approximate surface area is 228 Å². The third-order valence-electron chi connectivity index (χ3n) is 9.48. The standard InChI is InChI=1S/C31H32FN3O3S/c32-27-9-6-24-18-35(19-25(24)13-27)29(36)17-33-31-15-21-12-26(31)16-30(14-21,20-31)34-39(37,38)28-10-7-23(8-11-28)22-4-2-1-3-5-22/h1-11,13,21,26,33-34H,12,14-20H2. The van der Waals surface area contributed by atoms with Gasteiger partial charge in [0.2, 0.25) is 15.9 Å². The number of fused-ring (bicyclic) bond motifs is 1. The zero-order valence-electron chi connectivity index (χ0n) is 21.7. The Hall–Kier alpha value is -3.07. The fourth-order valence-electron chi connectivity index (χ4n) is 8.00. The second-order valence-electron chi connectivity index (χ2n) is 12.0. The van der Waals surface area contributed by atoms with Gasteiger partial charge in [0.1, 0.15) is 5.82 Å². The molecule has 4 saturated carbocycles. The lowest BCUT2D eigenvalue weighted by Crippen LogP contribution is -2.56. The molecule has 1 aliphatic heterocycles. The summed E-state index contributed by atoms with van der Waals surface area (Å²) in [5.41, 5.74) is 3.18. The SMILES string of the molecule is O=C(CNC12CC3CC1CC(NS(=O)(=O)c1ccc(-c4ccccc4)cc1)(C3)C2)N1Cc2ccc(F)cc2C1. The summed E-state index contributed by atoms with van der Waals surface area (Å²) in [6, 6.07) is 21.7. The molecular formula is C31H32FN3O3S. The van der Waals surface area contributed by atoms with Crippen molar-refractivity contribution in [2.45, 2.75) is 61.2 Å². The molecule has 0 radical (unpaired) electrons. The minimum atomic E-state index is -3.69. The number of amides is 1. The van der Waals surface area contributed by atoms with E-state index in [9.17, 15) is 17.6 Å². The highest BCUT2D eigenvalue weighted by Crippen LogP contribution is 2.62. The third-order valence-corrected chi connectivity index (χ3v) is 11.1. The maximum Gasteiger partial charge on any atom is 0.241 e. The fraction of sp³-hybridized carbons (Fsp3) is 0.387. The number of nitrogens with one attached hydrogen (secondary N) is 2. The molecule has 1 heterocycles. The number of carbonyl (C=O) groups excluding carboxylic acids is 1. The Bertz CT molecular complexity index is 1550. The van der Waals surface area contributed by atoms with Crippen LogP contribution in [0.1, 0.15) is 43.2 Å². The smallest absolute Gasteiger partial charge is 0.241 e. The Morgan fingerprint density at radius 1 is 0.923 bits per heavy atom. The third kappa shape index (κ3) is 4.39. The molecule has 4 unspecified atom stereocenters. The van der Waals surface area contributed by atoms with E-state index in [0.29, 0.717) is 31.3 Å². The van der Waals surface area contributed by atoms with Gasteiger partial charge in [0.05, 0.1) is 11.4 Å². The molecule has 0 spiro atoms. The van der Waals surface area contributed by atoms with Gasteiger partial charge in [-0.1, -0.05) is 48.5 Å². The summed E-state index contributed by atoms with van der Waals surface area (Å²) in [7, 11) is -3.69. The van der Waals surface area contributed by atoms with Crippen LogP contribution in [-0.4, -0.2) is 36.8 Å². The number of halogens is 1. The summed E-state index contributed by atoms with van der Waals surface area (Å²) in [6.45, 7) is 1.14. The number of benzene rings is 3. The molecule has 4 fully saturated rings. The fourth-order valence-corrected chi connectivity index (χ4v) is 9.42. The topological polar surface area (TPSA) is 78.5 Å². The van der Waals surface area contributed by atoms with E-state index in [1.54, 1.807) is 23.1 Å². The van der Waals surface area contributed by atoms with Gasteiger partial charge in [0, 0.05) is 24.2 Å². The number of hydrogen-bond donors (Lipinski definition) is 2. The highest BCUT2D eigenvalue weighted by atomic mass is 32.2. The lowest BCUT2D eigenvalue weighted by molar-refractivity contribution is -0.131. The predicted octanol–water partition coefficient (Wildman–Crippen LogP) is 4.60. The van der Waals surface area contributed by atoms with E-state index < -0.39 is 15.6 Å². The zero-order chi connectivity index (χ0) is 26.8. The summed E-state index contributed by atoms with van der Waals surface area (Å²) in [5.74, 6) is 0.513. The van der Waals surface area contributed by atoms with Crippen LogP contribution in [-0.2, 0) is 27.9 Å². The molecule has 6 nitrogen and oxygen atoms in total. The largest absolute Gasteiger partial charge is 0.333 e. The molecule has 39 heavy (non-hydrogen) atoms. The summed E-state index contributed by atoms with van der Waals surface area (Å²) in [4.78, 5) is 15.2. The second kappa shape index (κ2) is 8.98. The van der Waals surface area contributed by atoms with E-state index in [1.165, 1.54) is 12.1 Å². The van der Waals surface area contributed by atoms with Crippen molar-refractivity contribution in [1.82, 2.24) is 14.9 Å². The van der Waals surface area contributed by atoms with Crippen LogP contribution in [0, 0.1) is 17.7 Å². The Morgan fingerprint density at radius 2 is 1.67 bits per heavy atom. The Morgan fingerprint density at radius 3 is 2.46 bits per heavy atom. The Kier molecular flexibility index (Phi) is 5.74. The van der Waals surface area contributed by atoms with Crippen molar-refractivity contribution in [3.05, 3.63) is 89.7 Å². The lowest BCUT2D eigenvalue weighted by Gasteiger charge is -2.41. The number of nitrogens with zero attached hydrogens (tertiary/aromatic N) is 1. The molecule has 0 aromatic heterocycles. The van der Waals surface area contributed by atoms with Crippen molar-refractivity contribution in [3.63, 3.8) is 0 Å². The molecule has 3 aromatic carbocycles. The van der Waals surface area contributed by atoms with E-state index >= 15 is 0 Å². The molecule has 0 saturated heterocycles. The molecule has 5 aliphatic rings. The predicted molar refractivity (Wildman–Crippen MR) is 146 cm³/mol. The van der Waals surface area contributed by atoms with Crippen LogP contribution in [0.3, 0.4) is 0 Å². The van der Waals surface area contributed by atoms with Crippen LogP contribution < -0.4 is 10.0 Å². The average molecular weight is 546 g/mol. The first-order chi connectivity index (χ1) is 18.7. The number of sulfonamides is 1. The lowest BCUT2D eigenvalue weighted by atomic mass is 9.75. The van der Waals surface area contributed by atoms with E-state index in [1.807, 2.05) is 42.5 Å². The van der Waals surface area contributed by atoms with Crippen molar-refractivity contribution < 1.29 is 17.6 Å². The molecule has 4 bridgehead atoms. The van der Waals surface area contributed by atoms with Crippen molar-refractivity contribution in [3.8, 4) is 11.1 Å². The molecular weight excluding hydrogens is 513 g/mol. The highest BCUT2D eigenvalue weighted by molar-refractivity contribution is 7.89. The molecule has 2 N–H and O–H groups in total. The molecule has 8 rings (SSSR count). The molecule has 4 atom stereocenters. The van der Waals surface area contributed by atoms with Gasteiger partial charge in [-0.2, -0.15) is 0 Å². The van der Waals surface area contributed by atoms with Crippen LogP contribution in [0.2, 0.25) is 0 Å². The first-order valence-electron chi connectivity index (χ1n) is 13.7. The van der Waals surface area contributed by atoms with Crippen molar-refractivity contribution >= 4 is 15.9 Å². The summed E-state index contributed by atoms with van der Waals surface area (Å²) >= 11 is 0. The number of carbonyl (C=O) groups is 1. The maximum atomic E-state index is 13.6. The zero-order valence-corrected chi connectivity index (χ0v) is 22.5. The van der Waals surface area contributed by atoms with Gasteiger partial charge in [-0.25, -0.2) is 17.5 Å². The molecule has 4 aliphatic carbocycles. The van der Waals surface area contributed by atoms with Gasteiger partial charge in [-0.15, -0.1) is 0 Å². The maximum absolute atomic E-state index is 13.6. The van der Waals surface area contributed by atoms with Gasteiger partial charge in [0.15, 0.2) is 0 Å². The van der Waals surface area contributed by atoms with E-state index in [2.05, 4.69) is 10.0 Å². The van der Waals surface area contributed by atoms with Gasteiger partial charge >= 0.3 is 0 Å². The van der Waals surface area contributed by atoms with Crippen LogP contribution in [0.15, 0.2) is 77.7 Å². The minimum absolute atomic E-state index is 0.000318. The molecule has 8 heteroatoms. The first kappa shape index (κ1) is 24.9. The van der Waals surface area contributed by atoms with Crippen LogP contribution >= 0.6 is 0 Å². The van der Waals surface area contributed by atoms with Gasteiger partial charge in [-0.05, 0) is 90.5 Å². The number of hydrogen-bond acceptors (Lipinski definition) is 4. The second-order valence-corrected chi connectivity index (χ2v) is 13.7. The van der Waals surface area contributed by atoms with Crippen LogP contribution in [0.4, 0.5) is 4.39 Å². The molecule has 202 valence electrons. The monoisotopic (exact) mass is 545 g/mol. The Balaban J connectivity index is 1.03. The van der Waals surface area contributed by atoms with E-state index in [-0.39, 0.29) is 28.7 Å². The van der Waals surface area contributed by atoms with Crippen LogP contribution in [0.25, 0.3) is 11.1 Å². The normalized spacial score (nSPS) is 28.7. The minimum Gasteiger partial charge on any atom is -0.333 e. The van der Waals surface area contributed by atoms with Gasteiger partial charge < -0.3 is 10.2 Å². The van der Waals surface area contributed by atoms with E-state index in [0.717, 1.165) is 47.9 Å².